The maximum absolute atomic E-state index is 12.9. The van der Waals surface area contributed by atoms with Gasteiger partial charge in [-0.2, -0.15) is 0 Å². The molecule has 0 radical (unpaired) electrons. The van der Waals surface area contributed by atoms with Crippen LogP contribution in [-0.4, -0.2) is 38.8 Å². The van der Waals surface area contributed by atoms with Crippen LogP contribution in [0.2, 0.25) is 0 Å². The summed E-state index contributed by atoms with van der Waals surface area (Å²) in [6.45, 7) is 9.77. The molecule has 1 unspecified atom stereocenters. The first-order chi connectivity index (χ1) is 14.3. The lowest BCUT2D eigenvalue weighted by molar-refractivity contribution is 0.122. The highest BCUT2D eigenvalue weighted by Gasteiger charge is 2.25. The van der Waals surface area contributed by atoms with E-state index in [2.05, 4.69) is 40.7 Å². The van der Waals surface area contributed by atoms with E-state index < -0.39 is 10.0 Å². The van der Waals surface area contributed by atoms with Gasteiger partial charge >= 0.3 is 0 Å². The lowest BCUT2D eigenvalue weighted by Crippen LogP contribution is -2.39. The number of aromatic nitrogens is 1. The molecule has 30 heavy (non-hydrogen) atoms. The third-order valence-corrected chi connectivity index (χ3v) is 6.66. The Kier molecular flexibility index (Phi) is 7.33. The molecule has 0 fully saturated rings. The van der Waals surface area contributed by atoms with E-state index in [9.17, 15) is 8.42 Å². The minimum atomic E-state index is -3.60. The fraction of sp³-hybridized carbons (Fsp3) is 0.500. The Hall–Kier alpha value is -2.16. The van der Waals surface area contributed by atoms with E-state index in [-0.39, 0.29) is 17.1 Å². The Morgan fingerprint density at radius 3 is 2.63 bits per heavy atom. The van der Waals surface area contributed by atoms with Gasteiger partial charge in [-0.05, 0) is 49.9 Å². The smallest absolute Gasteiger partial charge is 0.240 e. The summed E-state index contributed by atoms with van der Waals surface area (Å²) >= 11 is 0. The minimum absolute atomic E-state index is 0.143. The van der Waals surface area contributed by atoms with Gasteiger partial charge in [-0.3, -0.25) is 4.98 Å². The van der Waals surface area contributed by atoms with Gasteiger partial charge in [0.1, 0.15) is 0 Å². The van der Waals surface area contributed by atoms with Crippen molar-refractivity contribution in [1.82, 2.24) is 9.71 Å². The highest BCUT2D eigenvalue weighted by Crippen LogP contribution is 2.34. The zero-order valence-electron chi connectivity index (χ0n) is 18.1. The van der Waals surface area contributed by atoms with Gasteiger partial charge in [0, 0.05) is 25.4 Å². The predicted octanol–water partition coefficient (Wildman–Crippen LogP) is 3.59. The number of nitrogens with zero attached hydrogens (tertiary/aromatic N) is 2. The van der Waals surface area contributed by atoms with Crippen LogP contribution in [0.3, 0.4) is 0 Å². The second-order valence-corrected chi connectivity index (χ2v) is 9.81. The molecule has 1 aromatic heterocycles. The molecule has 164 valence electrons. The van der Waals surface area contributed by atoms with Crippen LogP contribution in [0, 0.1) is 5.92 Å². The molecule has 0 saturated heterocycles. The SMILES string of the molecule is CCOC[C@@H](CC(C)C)NS(=O)(=O)c1ccc(CN2c3ccncc3NC2C)cc1. The molecule has 2 N–H and O–H groups in total. The fourth-order valence-electron chi connectivity index (χ4n) is 3.72. The summed E-state index contributed by atoms with van der Waals surface area (Å²) in [6.07, 6.45) is 4.47. The van der Waals surface area contributed by atoms with E-state index in [1.165, 1.54) is 0 Å². The van der Waals surface area contributed by atoms with Crippen molar-refractivity contribution < 1.29 is 13.2 Å². The summed E-state index contributed by atoms with van der Waals surface area (Å²) in [5, 5.41) is 3.40. The Bertz CT molecular complexity index is 932. The summed E-state index contributed by atoms with van der Waals surface area (Å²) in [6, 6.07) is 8.85. The molecule has 2 aromatic rings. The van der Waals surface area contributed by atoms with Crippen LogP contribution in [0.1, 0.15) is 39.7 Å². The molecule has 8 heteroatoms. The second-order valence-electron chi connectivity index (χ2n) is 8.09. The monoisotopic (exact) mass is 432 g/mol. The Balaban J connectivity index is 1.70. The third kappa shape index (κ3) is 5.50. The number of ether oxygens (including phenoxy) is 1. The van der Waals surface area contributed by atoms with Crippen LogP contribution in [0.15, 0.2) is 47.6 Å². The fourth-order valence-corrected chi connectivity index (χ4v) is 4.95. The minimum Gasteiger partial charge on any atom is -0.380 e. The topological polar surface area (TPSA) is 83.6 Å². The van der Waals surface area contributed by atoms with E-state index in [0.29, 0.717) is 25.7 Å². The zero-order valence-corrected chi connectivity index (χ0v) is 18.9. The summed E-state index contributed by atoms with van der Waals surface area (Å²) in [5.74, 6) is 0.370. The molecule has 1 aliphatic rings. The molecule has 1 aliphatic heterocycles. The van der Waals surface area contributed by atoms with E-state index in [1.807, 2.05) is 31.3 Å². The van der Waals surface area contributed by atoms with Crippen molar-refractivity contribution in [2.45, 2.75) is 57.8 Å². The maximum Gasteiger partial charge on any atom is 0.240 e. The van der Waals surface area contributed by atoms with Crippen molar-refractivity contribution in [3.05, 3.63) is 48.3 Å². The van der Waals surface area contributed by atoms with Gasteiger partial charge in [0.2, 0.25) is 10.0 Å². The summed E-state index contributed by atoms with van der Waals surface area (Å²) in [5.41, 5.74) is 3.16. The van der Waals surface area contributed by atoms with Crippen molar-refractivity contribution in [1.29, 1.82) is 0 Å². The number of benzene rings is 1. The molecule has 0 aliphatic carbocycles. The molecule has 0 spiro atoms. The Morgan fingerprint density at radius 2 is 1.97 bits per heavy atom. The molecule has 3 rings (SSSR count). The molecule has 7 nitrogen and oxygen atoms in total. The van der Waals surface area contributed by atoms with Crippen molar-refractivity contribution in [3.63, 3.8) is 0 Å². The normalized spacial score (nSPS) is 17.1. The van der Waals surface area contributed by atoms with E-state index in [0.717, 1.165) is 23.4 Å². The average molecular weight is 433 g/mol. The van der Waals surface area contributed by atoms with Crippen LogP contribution < -0.4 is 14.9 Å². The van der Waals surface area contributed by atoms with Crippen LogP contribution in [-0.2, 0) is 21.3 Å². The molecule has 2 heterocycles. The standard InChI is InChI=1S/C22H32N4O3S/c1-5-29-15-19(12-16(2)3)25-30(27,28)20-8-6-18(7-9-20)14-26-17(4)24-21-13-23-11-10-22(21)26/h6-11,13,16-17,19,24-25H,5,12,14-15H2,1-4H3/t17?,19-/m1/s1. The first-order valence-electron chi connectivity index (χ1n) is 10.5. The van der Waals surface area contributed by atoms with Crippen molar-refractivity contribution in [3.8, 4) is 0 Å². The predicted molar refractivity (Wildman–Crippen MR) is 120 cm³/mol. The van der Waals surface area contributed by atoms with Crippen LogP contribution in [0.4, 0.5) is 11.4 Å². The second kappa shape index (κ2) is 9.76. The average Bonchev–Trinajstić information content (AvgIpc) is 3.01. The largest absolute Gasteiger partial charge is 0.380 e. The van der Waals surface area contributed by atoms with E-state index in [1.54, 1.807) is 18.3 Å². The summed E-state index contributed by atoms with van der Waals surface area (Å²) < 4.78 is 34.0. The van der Waals surface area contributed by atoms with Crippen molar-refractivity contribution in [2.75, 3.05) is 23.4 Å². The maximum atomic E-state index is 12.9. The lowest BCUT2D eigenvalue weighted by atomic mass is 10.1. The highest BCUT2D eigenvalue weighted by atomic mass is 32.2. The number of hydrogen-bond acceptors (Lipinski definition) is 6. The van der Waals surface area contributed by atoms with Gasteiger partial charge in [-0.25, -0.2) is 13.1 Å². The first-order valence-corrected chi connectivity index (χ1v) is 11.9. The quantitative estimate of drug-likeness (QED) is 0.597. The van der Waals surface area contributed by atoms with Crippen molar-refractivity contribution >= 4 is 21.4 Å². The third-order valence-electron chi connectivity index (χ3n) is 5.13. The van der Waals surface area contributed by atoms with Crippen LogP contribution in [0.5, 0.6) is 0 Å². The molecule has 0 saturated carbocycles. The summed E-state index contributed by atoms with van der Waals surface area (Å²) in [7, 11) is -3.60. The number of fused-ring (bicyclic) bond motifs is 1. The van der Waals surface area contributed by atoms with E-state index >= 15 is 0 Å². The highest BCUT2D eigenvalue weighted by molar-refractivity contribution is 7.89. The molecular formula is C22H32N4O3S. The van der Waals surface area contributed by atoms with Gasteiger partial charge in [-0.1, -0.05) is 26.0 Å². The zero-order chi connectivity index (χ0) is 21.7. The van der Waals surface area contributed by atoms with Crippen molar-refractivity contribution in [2.24, 2.45) is 5.92 Å². The van der Waals surface area contributed by atoms with Gasteiger partial charge in [0.25, 0.3) is 0 Å². The molecule has 0 bridgehead atoms. The molecule has 1 aromatic carbocycles. The van der Waals surface area contributed by atoms with E-state index in [4.69, 9.17) is 4.74 Å². The van der Waals surface area contributed by atoms with Gasteiger partial charge in [0.05, 0.1) is 35.2 Å². The Labute approximate surface area is 179 Å². The van der Waals surface area contributed by atoms with Crippen LogP contribution >= 0.6 is 0 Å². The number of nitrogens with one attached hydrogen (secondary N) is 2. The van der Waals surface area contributed by atoms with Gasteiger partial charge < -0.3 is 15.0 Å². The molecule has 0 amide bonds. The number of sulfonamides is 1. The lowest BCUT2D eigenvalue weighted by Gasteiger charge is -2.24. The molecular weight excluding hydrogens is 400 g/mol. The first kappa shape index (κ1) is 22.5. The molecule has 2 atom stereocenters. The number of rotatable bonds is 10. The van der Waals surface area contributed by atoms with Gasteiger partial charge in [-0.15, -0.1) is 0 Å². The van der Waals surface area contributed by atoms with Gasteiger partial charge in [0.15, 0.2) is 0 Å². The number of hydrogen-bond donors (Lipinski definition) is 2. The van der Waals surface area contributed by atoms with Crippen LogP contribution in [0.25, 0.3) is 0 Å². The number of anilines is 2. The number of pyridine rings is 1. The summed E-state index contributed by atoms with van der Waals surface area (Å²) in [4.78, 5) is 6.67. The Morgan fingerprint density at radius 1 is 1.23 bits per heavy atom.